The Morgan fingerprint density at radius 2 is 2.06 bits per heavy atom. The third kappa shape index (κ3) is 1.98. The van der Waals surface area contributed by atoms with Crippen LogP contribution in [0.2, 0.25) is 0 Å². The monoisotopic (exact) mass is 217 g/mol. The topological polar surface area (TPSA) is 35.2 Å². The molecule has 2 heteroatoms. The van der Waals surface area contributed by atoms with E-state index >= 15 is 0 Å². The van der Waals surface area contributed by atoms with Gasteiger partial charge in [0.2, 0.25) is 0 Å². The molecule has 0 spiro atoms. The van der Waals surface area contributed by atoms with Crippen molar-refractivity contribution < 1.29 is 4.74 Å². The van der Waals surface area contributed by atoms with Crippen LogP contribution >= 0.6 is 0 Å². The molecule has 0 atom stereocenters. The zero-order valence-electron chi connectivity index (χ0n) is 10.2. The average Bonchev–Trinajstić information content (AvgIpc) is 2.26. The number of rotatable bonds is 1. The number of hydrogen-bond donors (Lipinski definition) is 1. The molecule has 0 unspecified atom stereocenters. The molecule has 1 aromatic rings. The zero-order valence-corrected chi connectivity index (χ0v) is 10.2. The fraction of sp³-hybridized carbons (Fsp3) is 0.429. The summed E-state index contributed by atoms with van der Waals surface area (Å²) in [5.74, 6) is 0.955. The highest BCUT2D eigenvalue weighted by atomic mass is 16.5. The van der Waals surface area contributed by atoms with Crippen molar-refractivity contribution in [3.8, 4) is 5.75 Å². The van der Waals surface area contributed by atoms with Gasteiger partial charge in [0.25, 0.3) is 0 Å². The first-order valence-electron chi connectivity index (χ1n) is 5.69. The molecule has 0 radical (unpaired) electrons. The highest BCUT2D eigenvalue weighted by Crippen LogP contribution is 2.33. The fourth-order valence-corrected chi connectivity index (χ4v) is 1.91. The van der Waals surface area contributed by atoms with Gasteiger partial charge in [0.15, 0.2) is 0 Å². The Morgan fingerprint density at radius 1 is 1.31 bits per heavy atom. The number of ether oxygens (including phenoxy) is 1. The van der Waals surface area contributed by atoms with Crippen molar-refractivity contribution in [2.45, 2.75) is 26.2 Å². The van der Waals surface area contributed by atoms with Gasteiger partial charge in [-0.15, -0.1) is 0 Å². The smallest absolute Gasteiger partial charge is 0.127 e. The summed E-state index contributed by atoms with van der Waals surface area (Å²) in [7, 11) is 0. The van der Waals surface area contributed by atoms with E-state index in [2.05, 4.69) is 45.0 Å². The molecule has 1 aliphatic rings. The van der Waals surface area contributed by atoms with E-state index in [1.165, 1.54) is 11.1 Å². The van der Waals surface area contributed by atoms with Crippen LogP contribution in [0, 0.1) is 0 Å². The lowest BCUT2D eigenvalue weighted by atomic mass is 9.85. The highest BCUT2D eigenvalue weighted by Gasteiger charge is 2.18. The van der Waals surface area contributed by atoms with Crippen LogP contribution in [0.25, 0.3) is 5.57 Å². The molecule has 2 N–H and O–H groups in total. The predicted octanol–water partition coefficient (Wildman–Crippen LogP) is 2.72. The van der Waals surface area contributed by atoms with E-state index in [0.717, 1.165) is 11.3 Å². The van der Waals surface area contributed by atoms with Crippen molar-refractivity contribution in [2.75, 3.05) is 13.2 Å². The molecule has 0 aliphatic carbocycles. The second-order valence-corrected chi connectivity index (χ2v) is 5.21. The molecule has 1 heterocycles. The minimum absolute atomic E-state index is 0.159. The molecule has 16 heavy (non-hydrogen) atoms. The predicted molar refractivity (Wildman–Crippen MR) is 67.7 cm³/mol. The summed E-state index contributed by atoms with van der Waals surface area (Å²) < 4.78 is 5.59. The van der Waals surface area contributed by atoms with Crippen molar-refractivity contribution in [2.24, 2.45) is 5.73 Å². The maximum atomic E-state index is 5.75. The van der Waals surface area contributed by atoms with Crippen LogP contribution in [0.4, 0.5) is 0 Å². The van der Waals surface area contributed by atoms with E-state index in [4.69, 9.17) is 10.5 Å². The molecule has 0 bridgehead atoms. The Kier molecular flexibility index (Phi) is 2.76. The Balaban J connectivity index is 2.49. The summed E-state index contributed by atoms with van der Waals surface area (Å²) >= 11 is 0. The van der Waals surface area contributed by atoms with Gasteiger partial charge < -0.3 is 10.5 Å². The molecule has 0 saturated carbocycles. The largest absolute Gasteiger partial charge is 0.489 e. The van der Waals surface area contributed by atoms with Crippen LogP contribution in [0.1, 0.15) is 31.9 Å². The molecule has 0 aromatic heterocycles. The maximum absolute atomic E-state index is 5.75. The van der Waals surface area contributed by atoms with Crippen LogP contribution in [0.15, 0.2) is 24.3 Å². The summed E-state index contributed by atoms with van der Waals surface area (Å²) in [6.45, 7) is 7.84. The van der Waals surface area contributed by atoms with Crippen LogP contribution in [-0.4, -0.2) is 13.2 Å². The van der Waals surface area contributed by atoms with Crippen molar-refractivity contribution >= 4 is 5.57 Å². The fourth-order valence-electron chi connectivity index (χ4n) is 1.91. The highest BCUT2D eigenvalue weighted by molar-refractivity contribution is 5.73. The summed E-state index contributed by atoms with van der Waals surface area (Å²) in [6, 6.07) is 6.39. The summed E-state index contributed by atoms with van der Waals surface area (Å²) in [4.78, 5) is 0. The second kappa shape index (κ2) is 3.95. The minimum atomic E-state index is 0.159. The SMILES string of the molecule is CC(C)(C)c1ccc2c(c1)C(CN)=CCO2. The second-order valence-electron chi connectivity index (χ2n) is 5.21. The van der Waals surface area contributed by atoms with E-state index in [-0.39, 0.29) is 5.41 Å². The molecule has 86 valence electrons. The number of benzene rings is 1. The summed E-state index contributed by atoms with van der Waals surface area (Å²) in [6.07, 6.45) is 2.06. The lowest BCUT2D eigenvalue weighted by Crippen LogP contribution is -2.15. The molecular weight excluding hydrogens is 198 g/mol. The van der Waals surface area contributed by atoms with E-state index in [1.54, 1.807) is 0 Å². The third-order valence-electron chi connectivity index (χ3n) is 2.98. The number of nitrogens with two attached hydrogens (primary N) is 1. The molecule has 0 amide bonds. The van der Waals surface area contributed by atoms with Gasteiger partial charge in [-0.1, -0.05) is 26.8 Å². The first-order chi connectivity index (χ1) is 7.52. The summed E-state index contributed by atoms with van der Waals surface area (Å²) in [5.41, 5.74) is 9.57. The molecule has 0 fully saturated rings. The Labute approximate surface area is 97.1 Å². The van der Waals surface area contributed by atoms with E-state index in [1.807, 2.05) is 0 Å². The van der Waals surface area contributed by atoms with Gasteiger partial charge in [-0.05, 0) is 34.8 Å². The molecule has 1 aliphatic heterocycles. The van der Waals surface area contributed by atoms with Crippen molar-refractivity contribution in [3.63, 3.8) is 0 Å². The first kappa shape index (κ1) is 11.2. The quantitative estimate of drug-likeness (QED) is 0.785. The van der Waals surface area contributed by atoms with Crippen LogP contribution in [0.3, 0.4) is 0 Å². The van der Waals surface area contributed by atoms with Gasteiger partial charge in [0, 0.05) is 12.1 Å². The van der Waals surface area contributed by atoms with Crippen molar-refractivity contribution in [1.82, 2.24) is 0 Å². The van der Waals surface area contributed by atoms with Gasteiger partial charge >= 0.3 is 0 Å². The lowest BCUT2D eigenvalue weighted by molar-refractivity contribution is 0.356. The zero-order chi connectivity index (χ0) is 11.8. The van der Waals surface area contributed by atoms with E-state index < -0.39 is 0 Å². The molecule has 2 nitrogen and oxygen atoms in total. The molecule has 0 saturated heterocycles. The Bertz CT molecular complexity index is 427. The third-order valence-corrected chi connectivity index (χ3v) is 2.98. The summed E-state index contributed by atoms with van der Waals surface area (Å²) in [5, 5.41) is 0. The number of fused-ring (bicyclic) bond motifs is 1. The normalized spacial score (nSPS) is 15.1. The van der Waals surface area contributed by atoms with Crippen molar-refractivity contribution in [1.29, 1.82) is 0 Å². The Hall–Kier alpha value is -1.28. The van der Waals surface area contributed by atoms with Gasteiger partial charge in [-0.3, -0.25) is 0 Å². The molecule has 1 aromatic carbocycles. The average molecular weight is 217 g/mol. The van der Waals surface area contributed by atoms with Crippen LogP contribution in [0.5, 0.6) is 5.75 Å². The standard InChI is InChI=1S/C14H19NO/c1-14(2,3)11-4-5-13-12(8-11)10(9-15)6-7-16-13/h4-6,8H,7,9,15H2,1-3H3. The van der Waals surface area contributed by atoms with Crippen LogP contribution in [-0.2, 0) is 5.41 Å². The number of hydrogen-bond acceptors (Lipinski definition) is 2. The first-order valence-corrected chi connectivity index (χ1v) is 5.69. The van der Waals surface area contributed by atoms with Gasteiger partial charge in [0.05, 0.1) is 0 Å². The lowest BCUT2D eigenvalue weighted by Gasteiger charge is -2.24. The van der Waals surface area contributed by atoms with Gasteiger partial charge in [-0.2, -0.15) is 0 Å². The molecular formula is C14H19NO. The van der Waals surface area contributed by atoms with Gasteiger partial charge in [-0.25, -0.2) is 0 Å². The van der Waals surface area contributed by atoms with E-state index in [9.17, 15) is 0 Å². The van der Waals surface area contributed by atoms with Crippen molar-refractivity contribution in [3.05, 3.63) is 35.4 Å². The minimum Gasteiger partial charge on any atom is -0.489 e. The van der Waals surface area contributed by atoms with E-state index in [0.29, 0.717) is 13.2 Å². The van der Waals surface area contributed by atoms with Gasteiger partial charge in [0.1, 0.15) is 12.4 Å². The Morgan fingerprint density at radius 3 is 2.69 bits per heavy atom. The van der Waals surface area contributed by atoms with Crippen LogP contribution < -0.4 is 10.5 Å². The maximum Gasteiger partial charge on any atom is 0.127 e. The molecule has 2 rings (SSSR count).